The summed E-state index contributed by atoms with van der Waals surface area (Å²) in [6.07, 6.45) is 3.11. The maximum absolute atomic E-state index is 12.0. The number of aromatic nitrogens is 1. The van der Waals surface area contributed by atoms with Crippen molar-refractivity contribution < 1.29 is 9.53 Å². The van der Waals surface area contributed by atoms with Crippen LogP contribution in [0.5, 0.6) is 0 Å². The number of carbonyl (C=O) groups is 1. The van der Waals surface area contributed by atoms with Gasteiger partial charge in [-0.05, 0) is 12.1 Å². The van der Waals surface area contributed by atoms with E-state index in [-0.39, 0.29) is 12.7 Å². The predicted molar refractivity (Wildman–Crippen MR) is 78.3 cm³/mol. The number of thiazole rings is 1. The molecule has 4 nitrogen and oxygen atoms in total. The number of fused-ring (bicyclic) bond motifs is 1. The molecule has 0 fully saturated rings. The van der Waals surface area contributed by atoms with Crippen molar-refractivity contribution in [3.63, 3.8) is 0 Å². The molecule has 0 bridgehead atoms. The minimum atomic E-state index is -0.389. The summed E-state index contributed by atoms with van der Waals surface area (Å²) in [4.78, 5) is 18.8. The molecule has 1 amide bonds. The summed E-state index contributed by atoms with van der Waals surface area (Å²) < 4.78 is 5.28. The zero-order valence-corrected chi connectivity index (χ0v) is 12.0. The summed E-state index contributed by atoms with van der Waals surface area (Å²) in [6, 6.07) is 7.31. The Bertz CT molecular complexity index is 669. The second kappa shape index (κ2) is 5.64. The quantitative estimate of drug-likeness (QED) is 0.844. The number of hydrogen-bond donors (Lipinski definition) is 0. The van der Waals surface area contributed by atoms with Crippen LogP contribution in [0.25, 0.3) is 6.08 Å². The van der Waals surface area contributed by atoms with Crippen molar-refractivity contribution in [2.75, 3.05) is 0 Å². The van der Waals surface area contributed by atoms with Gasteiger partial charge in [-0.15, -0.1) is 11.3 Å². The standard InChI is InChI=1S/C14H11ClN2O2S/c15-11-4-2-1-3-10(11)8-19-14(18)17-6-5-12-13(7-17)20-9-16-12/h1-6,9H,7-8H2. The zero-order chi connectivity index (χ0) is 13.9. The van der Waals surface area contributed by atoms with Crippen molar-refractivity contribution in [3.8, 4) is 0 Å². The number of hydrogen-bond acceptors (Lipinski definition) is 4. The highest BCUT2D eigenvalue weighted by Crippen LogP contribution is 2.23. The molecule has 3 rings (SSSR count). The van der Waals surface area contributed by atoms with Gasteiger partial charge >= 0.3 is 6.09 Å². The van der Waals surface area contributed by atoms with E-state index in [4.69, 9.17) is 16.3 Å². The van der Waals surface area contributed by atoms with E-state index < -0.39 is 0 Å². The number of benzene rings is 1. The third-order valence-electron chi connectivity index (χ3n) is 2.94. The van der Waals surface area contributed by atoms with Gasteiger partial charge in [0.1, 0.15) is 6.61 Å². The molecule has 0 unspecified atom stereocenters. The third kappa shape index (κ3) is 2.69. The van der Waals surface area contributed by atoms with Gasteiger partial charge < -0.3 is 4.74 Å². The molecule has 0 atom stereocenters. The van der Waals surface area contributed by atoms with E-state index in [9.17, 15) is 4.79 Å². The number of rotatable bonds is 2. The zero-order valence-electron chi connectivity index (χ0n) is 10.5. The second-order valence-electron chi connectivity index (χ2n) is 4.25. The highest BCUT2D eigenvalue weighted by atomic mass is 35.5. The first-order valence-corrected chi connectivity index (χ1v) is 7.27. The van der Waals surface area contributed by atoms with Crippen LogP contribution in [0.1, 0.15) is 16.1 Å². The fourth-order valence-corrected chi connectivity index (χ4v) is 2.80. The Balaban J connectivity index is 1.62. The number of halogens is 1. The third-order valence-corrected chi connectivity index (χ3v) is 4.14. The van der Waals surface area contributed by atoms with E-state index in [0.717, 1.165) is 16.1 Å². The van der Waals surface area contributed by atoms with Crippen molar-refractivity contribution in [1.82, 2.24) is 9.88 Å². The van der Waals surface area contributed by atoms with Crippen LogP contribution in [0.3, 0.4) is 0 Å². The molecule has 6 heteroatoms. The van der Waals surface area contributed by atoms with Gasteiger partial charge in [0.05, 0.1) is 22.6 Å². The molecule has 20 heavy (non-hydrogen) atoms. The number of ether oxygens (including phenoxy) is 1. The Kier molecular flexibility index (Phi) is 3.71. The van der Waals surface area contributed by atoms with Crippen molar-refractivity contribution in [2.24, 2.45) is 0 Å². The largest absolute Gasteiger partial charge is 0.444 e. The monoisotopic (exact) mass is 306 g/mol. The van der Waals surface area contributed by atoms with Crippen LogP contribution in [0, 0.1) is 0 Å². The van der Waals surface area contributed by atoms with E-state index in [1.54, 1.807) is 17.8 Å². The van der Waals surface area contributed by atoms with Crippen molar-refractivity contribution in [1.29, 1.82) is 0 Å². The van der Waals surface area contributed by atoms with Gasteiger partial charge in [-0.2, -0.15) is 0 Å². The summed E-state index contributed by atoms with van der Waals surface area (Å²) in [6.45, 7) is 0.663. The number of nitrogens with zero attached hydrogens (tertiary/aromatic N) is 2. The molecule has 0 spiro atoms. The fourth-order valence-electron chi connectivity index (χ4n) is 1.86. The molecule has 2 aromatic rings. The van der Waals surface area contributed by atoms with Gasteiger partial charge in [0.25, 0.3) is 0 Å². The molecular formula is C14H11ClN2O2S. The van der Waals surface area contributed by atoms with Crippen LogP contribution >= 0.6 is 22.9 Å². The molecular weight excluding hydrogens is 296 g/mol. The second-order valence-corrected chi connectivity index (χ2v) is 5.60. The lowest BCUT2D eigenvalue weighted by atomic mass is 10.2. The van der Waals surface area contributed by atoms with Crippen LogP contribution in [0.15, 0.2) is 36.0 Å². The van der Waals surface area contributed by atoms with E-state index in [2.05, 4.69) is 4.98 Å². The molecule has 0 N–H and O–H groups in total. The molecule has 0 saturated carbocycles. The molecule has 0 aliphatic carbocycles. The van der Waals surface area contributed by atoms with E-state index >= 15 is 0 Å². The molecule has 0 saturated heterocycles. The van der Waals surface area contributed by atoms with Gasteiger partial charge in [0, 0.05) is 16.8 Å². The average molecular weight is 307 g/mol. The van der Waals surface area contributed by atoms with Crippen LogP contribution < -0.4 is 0 Å². The summed E-state index contributed by atoms with van der Waals surface area (Å²) >= 11 is 7.55. The smallest absolute Gasteiger partial charge is 0.414 e. The first-order chi connectivity index (χ1) is 9.74. The highest BCUT2D eigenvalue weighted by molar-refractivity contribution is 7.09. The van der Waals surface area contributed by atoms with Crippen molar-refractivity contribution in [2.45, 2.75) is 13.2 Å². The normalized spacial score (nSPS) is 13.2. The minimum Gasteiger partial charge on any atom is -0.444 e. The lowest BCUT2D eigenvalue weighted by Crippen LogP contribution is -2.27. The lowest BCUT2D eigenvalue weighted by Gasteiger charge is -2.20. The Hall–Kier alpha value is -1.85. The van der Waals surface area contributed by atoms with Gasteiger partial charge in [-0.1, -0.05) is 29.8 Å². The molecule has 1 aromatic carbocycles. The molecule has 1 aromatic heterocycles. The van der Waals surface area contributed by atoms with Gasteiger partial charge in [-0.25, -0.2) is 9.78 Å². The topological polar surface area (TPSA) is 42.4 Å². The summed E-state index contributed by atoms with van der Waals surface area (Å²) in [7, 11) is 0. The van der Waals surface area contributed by atoms with E-state index in [1.807, 2.05) is 24.3 Å². The SMILES string of the molecule is O=C(OCc1ccccc1Cl)N1C=Cc2ncsc2C1. The molecule has 1 aliphatic rings. The highest BCUT2D eigenvalue weighted by Gasteiger charge is 2.19. The Morgan fingerprint density at radius 2 is 2.30 bits per heavy atom. The first-order valence-electron chi connectivity index (χ1n) is 6.01. The Morgan fingerprint density at radius 1 is 1.45 bits per heavy atom. The van der Waals surface area contributed by atoms with Gasteiger partial charge in [0.15, 0.2) is 0 Å². The summed E-state index contributed by atoms with van der Waals surface area (Å²) in [5.74, 6) is 0. The lowest BCUT2D eigenvalue weighted by molar-refractivity contribution is 0.109. The summed E-state index contributed by atoms with van der Waals surface area (Å²) in [5.41, 5.74) is 3.49. The molecule has 0 radical (unpaired) electrons. The number of amides is 1. The minimum absolute atomic E-state index is 0.165. The maximum Gasteiger partial charge on any atom is 0.414 e. The first kappa shape index (κ1) is 13.1. The molecule has 1 aliphatic heterocycles. The van der Waals surface area contributed by atoms with Gasteiger partial charge in [-0.3, -0.25) is 4.90 Å². The summed E-state index contributed by atoms with van der Waals surface area (Å²) in [5, 5.41) is 0.597. The number of carbonyl (C=O) groups excluding carboxylic acids is 1. The Morgan fingerprint density at radius 3 is 3.15 bits per heavy atom. The van der Waals surface area contributed by atoms with Gasteiger partial charge in [0.2, 0.25) is 0 Å². The fraction of sp³-hybridized carbons (Fsp3) is 0.143. The predicted octanol–water partition coefficient (Wildman–Crippen LogP) is 3.92. The maximum atomic E-state index is 12.0. The average Bonchev–Trinajstić information content (AvgIpc) is 2.93. The molecule has 102 valence electrons. The Labute approximate surface area is 125 Å². The van der Waals surface area contributed by atoms with Crippen LogP contribution in [-0.4, -0.2) is 16.0 Å². The van der Waals surface area contributed by atoms with Crippen LogP contribution in [0.2, 0.25) is 5.02 Å². The van der Waals surface area contributed by atoms with Crippen LogP contribution in [0.4, 0.5) is 4.79 Å². The van der Waals surface area contributed by atoms with Crippen LogP contribution in [-0.2, 0) is 17.9 Å². The van der Waals surface area contributed by atoms with E-state index in [1.165, 1.54) is 16.2 Å². The van der Waals surface area contributed by atoms with E-state index in [0.29, 0.717) is 11.6 Å². The molecule has 2 heterocycles. The van der Waals surface area contributed by atoms with Crippen molar-refractivity contribution >= 4 is 35.1 Å². The van der Waals surface area contributed by atoms with Crippen molar-refractivity contribution in [3.05, 3.63) is 57.1 Å².